The molecule has 5 nitrogen and oxygen atoms in total. The lowest BCUT2D eigenvalue weighted by Crippen LogP contribution is -2.34. The van der Waals surface area contributed by atoms with E-state index in [1.165, 1.54) is 0 Å². The molecule has 0 unspecified atom stereocenters. The Morgan fingerprint density at radius 3 is 2.52 bits per heavy atom. The first kappa shape index (κ1) is 16.9. The number of carbonyl (C=O) groups excluding carboxylic acids is 1. The van der Waals surface area contributed by atoms with Crippen LogP contribution in [0.1, 0.15) is 22.8 Å². The molecule has 0 saturated carbocycles. The molecule has 3 aromatic rings. The van der Waals surface area contributed by atoms with Gasteiger partial charge < -0.3 is 15.0 Å². The minimum Gasteiger partial charge on any atom is -0.392 e. The van der Waals surface area contributed by atoms with Gasteiger partial charge in [-0.2, -0.15) is 0 Å². The Kier molecular flexibility index (Phi) is 4.95. The van der Waals surface area contributed by atoms with Crippen molar-refractivity contribution in [3.05, 3.63) is 82.1 Å². The summed E-state index contributed by atoms with van der Waals surface area (Å²) >= 11 is 0. The average molecular weight is 336 g/mol. The standard InChI is InChI=1S/C20H20N2O3/c1-14(23)11-21-20(25)17-13-22(12-15-7-3-2-4-8-15)18-10-6-5-9-16(18)19(17)24/h2-10,13-14,23H,11-12H2,1H3,(H,21,25)/t14-/m0/s1. The highest BCUT2D eigenvalue weighted by atomic mass is 16.3. The molecule has 0 radical (unpaired) electrons. The fraction of sp³-hybridized carbons (Fsp3) is 0.200. The van der Waals surface area contributed by atoms with Crippen LogP contribution in [0.15, 0.2) is 65.6 Å². The first-order valence-corrected chi connectivity index (χ1v) is 8.18. The van der Waals surface area contributed by atoms with E-state index in [1.807, 2.05) is 47.0 Å². The number of pyridine rings is 1. The predicted molar refractivity (Wildman–Crippen MR) is 97.8 cm³/mol. The second-order valence-electron chi connectivity index (χ2n) is 6.06. The number of hydrogen-bond acceptors (Lipinski definition) is 3. The van der Waals surface area contributed by atoms with Gasteiger partial charge >= 0.3 is 0 Å². The van der Waals surface area contributed by atoms with Gasteiger partial charge in [-0.25, -0.2) is 0 Å². The van der Waals surface area contributed by atoms with Gasteiger partial charge in [0.25, 0.3) is 5.91 Å². The van der Waals surface area contributed by atoms with E-state index < -0.39 is 12.0 Å². The number of nitrogens with zero attached hydrogens (tertiary/aromatic N) is 1. The molecule has 0 aliphatic rings. The molecule has 0 spiro atoms. The number of amides is 1. The van der Waals surface area contributed by atoms with E-state index in [1.54, 1.807) is 25.3 Å². The van der Waals surface area contributed by atoms with E-state index in [0.29, 0.717) is 11.9 Å². The van der Waals surface area contributed by atoms with Crippen LogP contribution in [-0.2, 0) is 6.54 Å². The Morgan fingerprint density at radius 1 is 1.12 bits per heavy atom. The lowest BCUT2D eigenvalue weighted by Gasteiger charge is -2.14. The smallest absolute Gasteiger partial charge is 0.256 e. The van der Waals surface area contributed by atoms with Gasteiger partial charge in [0.2, 0.25) is 5.43 Å². The summed E-state index contributed by atoms with van der Waals surface area (Å²) < 4.78 is 1.91. The molecule has 128 valence electrons. The molecule has 1 atom stereocenters. The van der Waals surface area contributed by atoms with Gasteiger partial charge in [0.15, 0.2) is 0 Å². The van der Waals surface area contributed by atoms with Gasteiger partial charge in [0.1, 0.15) is 5.56 Å². The van der Waals surface area contributed by atoms with Crippen LogP contribution < -0.4 is 10.7 Å². The van der Waals surface area contributed by atoms with Crippen molar-refractivity contribution in [1.29, 1.82) is 0 Å². The summed E-state index contributed by atoms with van der Waals surface area (Å²) in [6.07, 6.45) is 0.922. The maximum atomic E-state index is 12.7. The Labute approximate surface area is 145 Å². The molecule has 1 amide bonds. The largest absolute Gasteiger partial charge is 0.392 e. The second-order valence-corrected chi connectivity index (χ2v) is 6.06. The van der Waals surface area contributed by atoms with Gasteiger partial charge in [-0.3, -0.25) is 9.59 Å². The maximum absolute atomic E-state index is 12.7. The van der Waals surface area contributed by atoms with Crippen LogP contribution in [0, 0.1) is 0 Å². The summed E-state index contributed by atoms with van der Waals surface area (Å²) in [5, 5.41) is 12.4. The monoisotopic (exact) mass is 336 g/mol. The number of aliphatic hydroxyl groups is 1. The number of carbonyl (C=O) groups is 1. The zero-order chi connectivity index (χ0) is 17.8. The van der Waals surface area contributed by atoms with Gasteiger partial charge in [-0.05, 0) is 24.6 Å². The van der Waals surface area contributed by atoms with Crippen LogP contribution in [0.2, 0.25) is 0 Å². The number of fused-ring (bicyclic) bond motifs is 1. The summed E-state index contributed by atoms with van der Waals surface area (Å²) in [7, 11) is 0. The number of aromatic nitrogens is 1. The molecule has 2 N–H and O–H groups in total. The zero-order valence-electron chi connectivity index (χ0n) is 14.0. The summed E-state index contributed by atoms with van der Waals surface area (Å²) in [6, 6.07) is 17.1. The third-order valence-corrected chi connectivity index (χ3v) is 3.99. The lowest BCUT2D eigenvalue weighted by molar-refractivity contribution is 0.0922. The fourth-order valence-corrected chi connectivity index (χ4v) is 2.75. The Morgan fingerprint density at radius 2 is 1.80 bits per heavy atom. The minimum atomic E-state index is -0.670. The molecule has 2 aromatic carbocycles. The zero-order valence-corrected chi connectivity index (χ0v) is 14.0. The summed E-state index contributed by atoms with van der Waals surface area (Å²) in [5.74, 6) is -0.474. The number of rotatable bonds is 5. The van der Waals surface area contributed by atoms with Crippen molar-refractivity contribution < 1.29 is 9.90 Å². The van der Waals surface area contributed by atoms with Gasteiger partial charge in [-0.15, -0.1) is 0 Å². The number of para-hydroxylation sites is 1. The van der Waals surface area contributed by atoms with Gasteiger partial charge in [0.05, 0.1) is 11.6 Å². The molecule has 3 rings (SSSR count). The van der Waals surface area contributed by atoms with E-state index >= 15 is 0 Å². The minimum absolute atomic E-state index is 0.0790. The SMILES string of the molecule is C[C@H](O)CNC(=O)c1cn(Cc2ccccc2)c2ccccc2c1=O. The first-order chi connectivity index (χ1) is 12.1. The van der Waals surface area contributed by atoms with Gasteiger partial charge in [-0.1, -0.05) is 42.5 Å². The number of hydrogen-bond donors (Lipinski definition) is 2. The van der Waals surface area contributed by atoms with Crippen molar-refractivity contribution in [2.24, 2.45) is 0 Å². The van der Waals surface area contributed by atoms with Crippen LogP contribution in [-0.4, -0.2) is 28.2 Å². The number of nitrogens with one attached hydrogen (secondary N) is 1. The molecular weight excluding hydrogens is 316 g/mol. The van der Waals surface area contributed by atoms with Crippen molar-refractivity contribution in [2.45, 2.75) is 19.6 Å². The topological polar surface area (TPSA) is 71.3 Å². The number of benzene rings is 2. The molecule has 5 heteroatoms. The van der Waals surface area contributed by atoms with E-state index in [9.17, 15) is 14.7 Å². The fourth-order valence-electron chi connectivity index (χ4n) is 2.75. The summed E-state index contributed by atoms with van der Waals surface area (Å²) in [5.41, 5.74) is 1.63. The van der Waals surface area contributed by atoms with Crippen molar-refractivity contribution in [3.63, 3.8) is 0 Å². The van der Waals surface area contributed by atoms with Crippen molar-refractivity contribution in [3.8, 4) is 0 Å². The first-order valence-electron chi connectivity index (χ1n) is 8.18. The molecule has 0 aliphatic carbocycles. The van der Waals surface area contributed by atoms with E-state index in [2.05, 4.69) is 5.32 Å². The van der Waals surface area contributed by atoms with Crippen LogP contribution >= 0.6 is 0 Å². The van der Waals surface area contributed by atoms with E-state index in [0.717, 1.165) is 11.1 Å². The lowest BCUT2D eigenvalue weighted by atomic mass is 10.1. The molecule has 1 heterocycles. The molecule has 0 bridgehead atoms. The van der Waals surface area contributed by atoms with Crippen LogP contribution in [0.25, 0.3) is 10.9 Å². The third kappa shape index (κ3) is 3.78. The van der Waals surface area contributed by atoms with Crippen LogP contribution in [0.3, 0.4) is 0 Å². The molecule has 25 heavy (non-hydrogen) atoms. The van der Waals surface area contributed by atoms with Crippen LogP contribution in [0.4, 0.5) is 0 Å². The molecular formula is C20H20N2O3. The maximum Gasteiger partial charge on any atom is 0.256 e. The Bertz CT molecular complexity index is 946. The summed E-state index contributed by atoms with van der Waals surface area (Å²) in [4.78, 5) is 25.1. The highest BCUT2D eigenvalue weighted by Crippen LogP contribution is 2.14. The Balaban J connectivity index is 2.07. The quantitative estimate of drug-likeness (QED) is 0.750. The molecule has 0 saturated heterocycles. The van der Waals surface area contributed by atoms with Gasteiger partial charge in [0, 0.05) is 24.7 Å². The van der Waals surface area contributed by atoms with Crippen molar-refractivity contribution >= 4 is 16.8 Å². The van der Waals surface area contributed by atoms with E-state index in [4.69, 9.17) is 0 Å². The van der Waals surface area contributed by atoms with Crippen molar-refractivity contribution in [2.75, 3.05) is 6.54 Å². The number of aliphatic hydroxyl groups excluding tert-OH is 1. The second kappa shape index (κ2) is 7.32. The molecule has 0 fully saturated rings. The highest BCUT2D eigenvalue weighted by molar-refractivity contribution is 5.97. The molecule has 0 aliphatic heterocycles. The highest BCUT2D eigenvalue weighted by Gasteiger charge is 2.15. The van der Waals surface area contributed by atoms with E-state index in [-0.39, 0.29) is 17.5 Å². The average Bonchev–Trinajstić information content (AvgIpc) is 2.63. The Hall–Kier alpha value is -2.92. The van der Waals surface area contributed by atoms with Crippen molar-refractivity contribution in [1.82, 2.24) is 9.88 Å². The third-order valence-electron chi connectivity index (χ3n) is 3.99. The summed E-state index contributed by atoms with van der Waals surface area (Å²) in [6.45, 7) is 2.23. The molecule has 1 aromatic heterocycles. The van der Waals surface area contributed by atoms with Crippen LogP contribution in [0.5, 0.6) is 0 Å². The normalized spacial score (nSPS) is 12.1. The predicted octanol–water partition coefficient (Wildman–Crippen LogP) is 2.16.